The highest BCUT2D eigenvalue weighted by Crippen LogP contribution is 2.35. The average molecular weight is 378 g/mol. The van der Waals surface area contributed by atoms with E-state index in [0.29, 0.717) is 0 Å². The lowest BCUT2D eigenvalue weighted by Gasteiger charge is -2.25. The zero-order valence-electron chi connectivity index (χ0n) is 17.2. The van der Waals surface area contributed by atoms with Crippen molar-refractivity contribution < 1.29 is 0 Å². The zero-order valence-corrected chi connectivity index (χ0v) is 17.2. The lowest BCUT2D eigenvalue weighted by molar-refractivity contribution is 1.04. The van der Waals surface area contributed by atoms with Gasteiger partial charge in [0.05, 0.1) is 0 Å². The van der Waals surface area contributed by atoms with Crippen LogP contribution in [0, 0.1) is 0 Å². The van der Waals surface area contributed by atoms with E-state index < -0.39 is 0 Å². The Kier molecular flexibility index (Phi) is 5.76. The molecule has 0 amide bonds. The quantitative estimate of drug-likeness (QED) is 0.329. The molecule has 4 aromatic carbocycles. The molecule has 1 nitrogen and oxygen atoms in total. The summed E-state index contributed by atoms with van der Waals surface area (Å²) >= 11 is 0. The van der Waals surface area contributed by atoms with E-state index in [-0.39, 0.29) is 0 Å². The summed E-state index contributed by atoms with van der Waals surface area (Å²) < 4.78 is 0. The van der Waals surface area contributed by atoms with Gasteiger partial charge in [0, 0.05) is 17.1 Å². The van der Waals surface area contributed by atoms with Crippen LogP contribution in [0.1, 0.15) is 25.0 Å². The van der Waals surface area contributed by atoms with Crippen LogP contribution in [0.4, 0.5) is 17.1 Å². The lowest BCUT2D eigenvalue weighted by atomic mass is 9.96. The van der Waals surface area contributed by atoms with Gasteiger partial charge in [-0.25, -0.2) is 0 Å². The fraction of sp³-hybridized carbons (Fsp3) is 0.143. The van der Waals surface area contributed by atoms with Crippen LogP contribution in [0.25, 0.3) is 11.1 Å². The number of rotatable bonds is 6. The molecule has 0 aliphatic heterocycles. The maximum atomic E-state index is 2.35. The van der Waals surface area contributed by atoms with Gasteiger partial charge < -0.3 is 4.90 Å². The fourth-order valence-electron chi connectivity index (χ4n) is 3.88. The first-order valence-corrected chi connectivity index (χ1v) is 10.4. The van der Waals surface area contributed by atoms with E-state index in [1.165, 1.54) is 22.3 Å². The zero-order chi connectivity index (χ0) is 20.1. The highest BCUT2D eigenvalue weighted by atomic mass is 15.1. The minimum atomic E-state index is 1.07. The van der Waals surface area contributed by atoms with Crippen LogP contribution in [0.5, 0.6) is 0 Å². The normalized spacial score (nSPS) is 10.7. The van der Waals surface area contributed by atoms with E-state index in [1.54, 1.807) is 0 Å². The molecule has 0 N–H and O–H groups in total. The molecule has 4 rings (SSSR count). The molecule has 1 heteroatoms. The van der Waals surface area contributed by atoms with Crippen molar-refractivity contribution in [3.63, 3.8) is 0 Å². The van der Waals surface area contributed by atoms with E-state index in [4.69, 9.17) is 0 Å². The highest BCUT2D eigenvalue weighted by molar-refractivity contribution is 5.78. The molecule has 0 heterocycles. The lowest BCUT2D eigenvalue weighted by Crippen LogP contribution is -2.09. The highest BCUT2D eigenvalue weighted by Gasteiger charge is 2.12. The molecule has 0 radical (unpaired) electrons. The second-order valence-corrected chi connectivity index (χ2v) is 7.24. The van der Waals surface area contributed by atoms with E-state index in [1.807, 2.05) is 0 Å². The van der Waals surface area contributed by atoms with Crippen LogP contribution >= 0.6 is 0 Å². The SMILES string of the molecule is CCc1ccc(-c2ccc(N(c3ccccc3)c3ccccc3)cc2)cc1CC. The molecule has 0 aromatic heterocycles. The Labute approximate surface area is 174 Å². The van der Waals surface area contributed by atoms with Gasteiger partial charge in [0.25, 0.3) is 0 Å². The minimum absolute atomic E-state index is 1.07. The van der Waals surface area contributed by atoms with Gasteiger partial charge >= 0.3 is 0 Å². The maximum absolute atomic E-state index is 2.35. The second kappa shape index (κ2) is 8.79. The molecule has 0 saturated carbocycles. The van der Waals surface area contributed by atoms with Crippen LogP contribution in [0.3, 0.4) is 0 Å². The van der Waals surface area contributed by atoms with E-state index in [0.717, 1.165) is 29.9 Å². The molecule has 0 atom stereocenters. The van der Waals surface area contributed by atoms with Gasteiger partial charge in [-0.15, -0.1) is 0 Å². The minimum Gasteiger partial charge on any atom is -0.311 e. The van der Waals surface area contributed by atoms with Crippen LogP contribution in [-0.2, 0) is 12.8 Å². The molecule has 0 fully saturated rings. The first kappa shape index (κ1) is 19.0. The molecule has 0 unspecified atom stereocenters. The van der Waals surface area contributed by atoms with Crippen molar-refractivity contribution in [3.05, 3.63) is 114 Å². The molecule has 0 aliphatic rings. The predicted octanol–water partition coefficient (Wildman–Crippen LogP) is 7.95. The van der Waals surface area contributed by atoms with Gasteiger partial charge in [0.1, 0.15) is 0 Å². The third-order valence-electron chi connectivity index (χ3n) is 5.46. The van der Waals surface area contributed by atoms with Crippen LogP contribution in [0.15, 0.2) is 103 Å². The van der Waals surface area contributed by atoms with Crippen molar-refractivity contribution in [2.24, 2.45) is 0 Å². The summed E-state index contributed by atoms with van der Waals surface area (Å²) in [5.74, 6) is 0. The van der Waals surface area contributed by atoms with Crippen LogP contribution in [-0.4, -0.2) is 0 Å². The summed E-state index contributed by atoms with van der Waals surface area (Å²) in [6, 6.07) is 36.8. The first-order chi connectivity index (χ1) is 14.3. The predicted molar refractivity (Wildman–Crippen MR) is 125 cm³/mol. The third kappa shape index (κ3) is 4.09. The van der Waals surface area contributed by atoms with Crippen molar-refractivity contribution in [2.45, 2.75) is 26.7 Å². The molecule has 29 heavy (non-hydrogen) atoms. The van der Waals surface area contributed by atoms with Crippen molar-refractivity contribution >= 4 is 17.1 Å². The largest absolute Gasteiger partial charge is 0.311 e. The van der Waals surface area contributed by atoms with Crippen molar-refractivity contribution in [1.29, 1.82) is 0 Å². The molecule has 0 aliphatic carbocycles. The van der Waals surface area contributed by atoms with Crippen molar-refractivity contribution in [3.8, 4) is 11.1 Å². The smallest absolute Gasteiger partial charge is 0.0462 e. The summed E-state index contributed by atoms with van der Waals surface area (Å²) in [4.78, 5) is 2.29. The number of aryl methyl sites for hydroxylation is 2. The number of hydrogen-bond donors (Lipinski definition) is 0. The van der Waals surface area contributed by atoms with E-state index >= 15 is 0 Å². The second-order valence-electron chi connectivity index (χ2n) is 7.24. The Morgan fingerprint density at radius 3 is 1.48 bits per heavy atom. The Morgan fingerprint density at radius 2 is 0.966 bits per heavy atom. The summed E-state index contributed by atoms with van der Waals surface area (Å²) in [6.07, 6.45) is 2.16. The van der Waals surface area contributed by atoms with Crippen molar-refractivity contribution in [2.75, 3.05) is 4.90 Å². The average Bonchev–Trinajstić information content (AvgIpc) is 2.81. The summed E-state index contributed by atoms with van der Waals surface area (Å²) in [7, 11) is 0. The number of anilines is 3. The van der Waals surface area contributed by atoms with Gasteiger partial charge in [-0.2, -0.15) is 0 Å². The summed E-state index contributed by atoms with van der Waals surface area (Å²) in [6.45, 7) is 4.46. The van der Waals surface area contributed by atoms with Crippen molar-refractivity contribution in [1.82, 2.24) is 0 Å². The fourth-order valence-corrected chi connectivity index (χ4v) is 3.88. The number of nitrogens with zero attached hydrogens (tertiary/aromatic N) is 1. The van der Waals surface area contributed by atoms with E-state index in [9.17, 15) is 0 Å². The molecule has 4 aromatic rings. The molecule has 144 valence electrons. The molecule has 0 bridgehead atoms. The number of hydrogen-bond acceptors (Lipinski definition) is 1. The van der Waals surface area contributed by atoms with Crippen LogP contribution in [0.2, 0.25) is 0 Å². The topological polar surface area (TPSA) is 3.24 Å². The van der Waals surface area contributed by atoms with Gasteiger partial charge in [-0.05, 0) is 71.5 Å². The first-order valence-electron chi connectivity index (χ1n) is 10.4. The Bertz CT molecular complexity index is 1010. The Morgan fingerprint density at radius 1 is 0.483 bits per heavy atom. The number of para-hydroxylation sites is 2. The molecular formula is C28H27N. The Balaban J connectivity index is 1.72. The maximum Gasteiger partial charge on any atom is 0.0462 e. The Hall–Kier alpha value is -3.32. The standard InChI is InChI=1S/C28H27N/c1-3-22-15-16-25(21-23(22)4-2)24-17-19-28(20-18-24)29(26-11-7-5-8-12-26)27-13-9-6-10-14-27/h5-21H,3-4H2,1-2H3. The van der Waals surface area contributed by atoms with Crippen LogP contribution < -0.4 is 4.90 Å². The summed E-state index contributed by atoms with van der Waals surface area (Å²) in [5.41, 5.74) is 8.92. The number of benzene rings is 4. The van der Waals surface area contributed by atoms with Gasteiger partial charge in [-0.1, -0.05) is 80.6 Å². The molecule has 0 spiro atoms. The van der Waals surface area contributed by atoms with Gasteiger partial charge in [0.2, 0.25) is 0 Å². The molecule has 0 saturated heterocycles. The van der Waals surface area contributed by atoms with Gasteiger partial charge in [-0.3, -0.25) is 0 Å². The monoisotopic (exact) mass is 377 g/mol. The molecular weight excluding hydrogens is 350 g/mol. The van der Waals surface area contributed by atoms with Gasteiger partial charge in [0.15, 0.2) is 0 Å². The summed E-state index contributed by atoms with van der Waals surface area (Å²) in [5, 5.41) is 0. The third-order valence-corrected chi connectivity index (χ3v) is 5.46. The van der Waals surface area contributed by atoms with E-state index in [2.05, 4.69) is 122 Å².